The standard InChI is InChI=1S/C27H30Cl2N4O6S/c1-39-23(35)7-3-2-5-18(31-25(36)17-13-21(28)40-24(17)29)26(37)32-19-6-4-10-33(27(19)38)14-22(34)30-20-12-15-8-9-16(20)11-15/h3-4,6-7,10,13,15-16,18,20H,2,5,8-9,11-12,14H2,1H3,(H,30,34)(H,31,36)(H,32,37)/b7-3+/t15?,16?,18-,20+/m0/s1. The third kappa shape index (κ3) is 7.52. The smallest absolute Gasteiger partial charge is 0.330 e. The number of anilines is 1. The molecule has 13 heteroatoms. The summed E-state index contributed by atoms with van der Waals surface area (Å²) in [6, 6.07) is 3.44. The molecule has 4 atom stereocenters. The van der Waals surface area contributed by atoms with Crippen molar-refractivity contribution in [2.24, 2.45) is 11.8 Å². The number of carbonyl (C=O) groups is 4. The van der Waals surface area contributed by atoms with Gasteiger partial charge in [-0.3, -0.25) is 19.2 Å². The quantitative estimate of drug-likeness (QED) is 0.262. The number of rotatable bonds is 11. The lowest BCUT2D eigenvalue weighted by atomic mass is 9.95. The summed E-state index contributed by atoms with van der Waals surface area (Å²) in [6.45, 7) is -0.174. The number of thiophene rings is 1. The zero-order valence-corrected chi connectivity index (χ0v) is 24.1. The maximum absolute atomic E-state index is 13.2. The van der Waals surface area contributed by atoms with Crippen molar-refractivity contribution in [3.63, 3.8) is 0 Å². The third-order valence-corrected chi connectivity index (χ3v) is 8.76. The number of nitrogens with zero attached hydrogens (tertiary/aromatic N) is 1. The first-order valence-corrected chi connectivity index (χ1v) is 14.5. The molecule has 0 spiro atoms. The predicted molar refractivity (Wildman–Crippen MR) is 153 cm³/mol. The van der Waals surface area contributed by atoms with Crippen molar-refractivity contribution in [2.45, 2.75) is 57.2 Å². The van der Waals surface area contributed by atoms with Crippen LogP contribution in [0.4, 0.5) is 5.69 Å². The lowest BCUT2D eigenvalue weighted by Gasteiger charge is -2.23. The zero-order valence-electron chi connectivity index (χ0n) is 21.8. The summed E-state index contributed by atoms with van der Waals surface area (Å²) in [5, 5.41) is 8.24. The number of hydrogen-bond acceptors (Lipinski definition) is 7. The van der Waals surface area contributed by atoms with E-state index in [4.69, 9.17) is 23.2 Å². The van der Waals surface area contributed by atoms with Crippen LogP contribution in [0.1, 0.15) is 48.9 Å². The minimum absolute atomic E-state index is 0.0406. The van der Waals surface area contributed by atoms with Gasteiger partial charge in [-0.25, -0.2) is 4.79 Å². The summed E-state index contributed by atoms with van der Waals surface area (Å²) in [6.07, 6.45) is 9.02. The van der Waals surface area contributed by atoms with Crippen molar-refractivity contribution in [3.05, 3.63) is 61.1 Å². The van der Waals surface area contributed by atoms with Gasteiger partial charge in [-0.05, 0) is 62.1 Å². The van der Waals surface area contributed by atoms with Gasteiger partial charge in [0, 0.05) is 18.3 Å². The summed E-state index contributed by atoms with van der Waals surface area (Å²) < 4.78 is 6.27. The summed E-state index contributed by atoms with van der Waals surface area (Å²) in [5.74, 6) is -0.901. The molecule has 3 N–H and O–H groups in total. The Labute approximate surface area is 245 Å². The van der Waals surface area contributed by atoms with Crippen LogP contribution < -0.4 is 21.5 Å². The second-order valence-corrected chi connectivity index (χ2v) is 12.2. The Kier molecular flexibility index (Phi) is 10.0. The fraction of sp³-hybridized carbons (Fsp3) is 0.444. The molecule has 40 heavy (non-hydrogen) atoms. The molecule has 4 rings (SSSR count). The van der Waals surface area contributed by atoms with Gasteiger partial charge in [-0.2, -0.15) is 0 Å². The molecule has 0 saturated heterocycles. The van der Waals surface area contributed by atoms with Crippen LogP contribution in [0.25, 0.3) is 0 Å². The molecular formula is C27H30Cl2N4O6S. The highest BCUT2D eigenvalue weighted by atomic mass is 35.5. The van der Waals surface area contributed by atoms with Gasteiger partial charge in [0.15, 0.2) is 0 Å². The van der Waals surface area contributed by atoms with Gasteiger partial charge in [0.25, 0.3) is 11.5 Å². The second-order valence-electron chi connectivity index (χ2n) is 9.96. The van der Waals surface area contributed by atoms with E-state index in [0.29, 0.717) is 16.2 Å². The number of halogens is 2. The topological polar surface area (TPSA) is 136 Å². The Balaban J connectivity index is 1.43. The van der Waals surface area contributed by atoms with Crippen molar-refractivity contribution in [1.29, 1.82) is 0 Å². The normalized spacial score (nSPS) is 20.3. The number of nitrogens with one attached hydrogen (secondary N) is 3. The van der Waals surface area contributed by atoms with Crippen molar-refractivity contribution in [2.75, 3.05) is 12.4 Å². The molecular weight excluding hydrogens is 579 g/mol. The molecule has 2 fully saturated rings. The van der Waals surface area contributed by atoms with Crippen LogP contribution in [0.15, 0.2) is 41.3 Å². The van der Waals surface area contributed by atoms with Gasteiger partial charge >= 0.3 is 5.97 Å². The van der Waals surface area contributed by atoms with E-state index in [1.807, 2.05) is 0 Å². The molecule has 2 aliphatic rings. The number of aromatic nitrogens is 1. The molecule has 2 aliphatic carbocycles. The summed E-state index contributed by atoms with van der Waals surface area (Å²) in [7, 11) is 1.24. The van der Waals surface area contributed by atoms with Gasteiger partial charge in [-0.15, -0.1) is 11.3 Å². The molecule has 0 aliphatic heterocycles. The van der Waals surface area contributed by atoms with Crippen LogP contribution in [0.2, 0.25) is 8.67 Å². The first kappa shape index (κ1) is 29.8. The maximum Gasteiger partial charge on any atom is 0.330 e. The van der Waals surface area contributed by atoms with Gasteiger partial charge in [0.1, 0.15) is 22.6 Å². The van der Waals surface area contributed by atoms with E-state index >= 15 is 0 Å². The lowest BCUT2D eigenvalue weighted by Crippen LogP contribution is -2.45. The molecule has 10 nitrogen and oxygen atoms in total. The van der Waals surface area contributed by atoms with Crippen LogP contribution in [0.3, 0.4) is 0 Å². The highest BCUT2D eigenvalue weighted by Crippen LogP contribution is 2.44. The highest BCUT2D eigenvalue weighted by Gasteiger charge is 2.40. The number of allylic oxidation sites excluding steroid dienone is 1. The molecule has 3 amide bonds. The summed E-state index contributed by atoms with van der Waals surface area (Å²) in [4.78, 5) is 63.2. The van der Waals surface area contributed by atoms with Crippen molar-refractivity contribution in [3.8, 4) is 0 Å². The van der Waals surface area contributed by atoms with Gasteiger partial charge in [0.2, 0.25) is 11.8 Å². The Morgan fingerprint density at radius 2 is 2.02 bits per heavy atom. The van der Waals surface area contributed by atoms with Gasteiger partial charge in [-0.1, -0.05) is 35.7 Å². The highest BCUT2D eigenvalue weighted by molar-refractivity contribution is 7.20. The van der Waals surface area contributed by atoms with E-state index in [2.05, 4.69) is 20.7 Å². The molecule has 2 bridgehead atoms. The molecule has 2 aromatic rings. The first-order chi connectivity index (χ1) is 19.1. The fourth-order valence-electron chi connectivity index (χ4n) is 5.32. The largest absolute Gasteiger partial charge is 0.466 e. The number of hydrogen-bond donors (Lipinski definition) is 3. The Morgan fingerprint density at radius 3 is 2.67 bits per heavy atom. The Hall–Kier alpha value is -3.15. The van der Waals surface area contributed by atoms with Crippen molar-refractivity contribution in [1.82, 2.24) is 15.2 Å². The summed E-state index contributed by atoms with van der Waals surface area (Å²) in [5.41, 5.74) is -0.480. The number of fused-ring (bicyclic) bond motifs is 2. The van der Waals surface area contributed by atoms with Crippen LogP contribution in [0, 0.1) is 11.8 Å². The van der Waals surface area contributed by atoms with Crippen LogP contribution in [-0.2, 0) is 25.7 Å². The number of amides is 3. The minimum Gasteiger partial charge on any atom is -0.466 e. The minimum atomic E-state index is -1.08. The van der Waals surface area contributed by atoms with E-state index in [-0.39, 0.29) is 46.9 Å². The molecule has 214 valence electrons. The number of pyridine rings is 1. The molecule has 2 aromatic heterocycles. The van der Waals surface area contributed by atoms with E-state index < -0.39 is 29.4 Å². The molecule has 0 aromatic carbocycles. The SMILES string of the molecule is COC(=O)/C=C/CC[C@H](NC(=O)c1cc(Cl)sc1Cl)C(=O)Nc1cccn(CC(=O)N[C@@H]2CC3CCC2C3)c1=O. The molecule has 2 unspecified atom stereocenters. The molecule has 0 radical (unpaired) electrons. The van der Waals surface area contributed by atoms with Gasteiger partial charge < -0.3 is 25.3 Å². The fourth-order valence-corrected chi connectivity index (χ4v) is 6.77. The third-order valence-electron chi connectivity index (χ3n) is 7.28. The number of ether oxygens (including phenoxy) is 1. The number of methoxy groups -OCH3 is 1. The Bertz CT molecular complexity index is 1370. The van der Waals surface area contributed by atoms with E-state index in [0.717, 1.165) is 30.6 Å². The Morgan fingerprint density at radius 1 is 1.23 bits per heavy atom. The van der Waals surface area contributed by atoms with Crippen molar-refractivity contribution < 1.29 is 23.9 Å². The first-order valence-electron chi connectivity index (χ1n) is 12.9. The van der Waals surface area contributed by atoms with Crippen LogP contribution >= 0.6 is 34.5 Å². The zero-order chi connectivity index (χ0) is 28.8. The monoisotopic (exact) mass is 608 g/mol. The van der Waals surface area contributed by atoms with Crippen LogP contribution in [0.5, 0.6) is 0 Å². The van der Waals surface area contributed by atoms with E-state index in [1.165, 1.54) is 48.6 Å². The average molecular weight is 610 g/mol. The van der Waals surface area contributed by atoms with Gasteiger partial charge in [0.05, 0.1) is 17.0 Å². The van der Waals surface area contributed by atoms with E-state index in [9.17, 15) is 24.0 Å². The van der Waals surface area contributed by atoms with E-state index in [1.54, 1.807) is 6.07 Å². The number of carbonyl (C=O) groups excluding carboxylic acids is 4. The van der Waals surface area contributed by atoms with Crippen LogP contribution in [-0.4, -0.2) is 47.5 Å². The second kappa shape index (κ2) is 13.5. The predicted octanol–water partition coefficient (Wildman–Crippen LogP) is 3.77. The summed E-state index contributed by atoms with van der Waals surface area (Å²) >= 11 is 13.1. The number of esters is 1. The lowest BCUT2D eigenvalue weighted by molar-refractivity contribution is -0.134. The molecule has 2 heterocycles. The van der Waals surface area contributed by atoms with Crippen molar-refractivity contribution >= 4 is 63.9 Å². The maximum atomic E-state index is 13.2. The average Bonchev–Trinajstić information content (AvgIpc) is 3.63. The molecule has 2 saturated carbocycles.